The molecule has 3 aromatic rings. The van der Waals surface area contributed by atoms with E-state index in [1.807, 2.05) is 64.1 Å². The van der Waals surface area contributed by atoms with Crippen molar-refractivity contribution >= 4 is 29.2 Å². The van der Waals surface area contributed by atoms with Crippen molar-refractivity contribution in [3.8, 4) is 0 Å². The van der Waals surface area contributed by atoms with Crippen LogP contribution in [0.5, 0.6) is 0 Å². The molecule has 0 radical (unpaired) electrons. The summed E-state index contributed by atoms with van der Waals surface area (Å²) in [5, 5.41) is 3.76. The zero-order valence-corrected chi connectivity index (χ0v) is 18.4. The number of pyridine rings is 1. The van der Waals surface area contributed by atoms with Crippen LogP contribution in [0.25, 0.3) is 11.0 Å². The summed E-state index contributed by atoms with van der Waals surface area (Å²) < 4.78 is 11.0. The Hall–Kier alpha value is -3.35. The van der Waals surface area contributed by atoms with Gasteiger partial charge in [0.25, 0.3) is 0 Å². The lowest BCUT2D eigenvalue weighted by molar-refractivity contribution is -0.107. The summed E-state index contributed by atoms with van der Waals surface area (Å²) in [6.07, 6.45) is 4.92. The lowest BCUT2D eigenvalue weighted by atomic mass is 10.0. The number of nitrogens with one attached hydrogen (secondary N) is 1. The molecule has 164 valence electrons. The van der Waals surface area contributed by atoms with Gasteiger partial charge >= 0.3 is 6.09 Å². The highest BCUT2D eigenvalue weighted by molar-refractivity contribution is 5.88. The van der Waals surface area contributed by atoms with Crippen LogP contribution in [0.15, 0.2) is 53.3 Å². The van der Waals surface area contributed by atoms with E-state index in [2.05, 4.69) is 10.3 Å². The van der Waals surface area contributed by atoms with Crippen LogP contribution in [0, 0.1) is 0 Å². The molecule has 0 aliphatic rings. The maximum atomic E-state index is 12.1. The van der Waals surface area contributed by atoms with Crippen molar-refractivity contribution in [2.75, 3.05) is 11.4 Å². The van der Waals surface area contributed by atoms with E-state index in [1.54, 1.807) is 17.4 Å². The Bertz CT molecular complexity index is 1020. The standard InChI is InChI=1S/C24H29N3O4/c1-17(26-23(29)31-24(2,3)4)13-19-15-21(14-18-9-12-30-22(18)19)27(16-28)11-8-20-7-5-6-10-25-20/h5-7,9-10,12,14-17H,8,11,13H2,1-4H3,(H,26,29). The first kappa shape index (κ1) is 22.3. The first-order valence-electron chi connectivity index (χ1n) is 10.4. The van der Waals surface area contributed by atoms with Crippen molar-refractivity contribution in [3.05, 3.63) is 60.1 Å². The van der Waals surface area contributed by atoms with Gasteiger partial charge in [-0.15, -0.1) is 0 Å². The SMILES string of the molecule is CC(Cc1cc(N(C=O)CCc2ccccn2)cc2ccoc12)NC(=O)OC(C)(C)C. The average Bonchev–Trinajstić information content (AvgIpc) is 3.16. The third kappa shape index (κ3) is 6.31. The number of amides is 2. The molecule has 0 bridgehead atoms. The third-order valence-corrected chi connectivity index (χ3v) is 4.70. The van der Waals surface area contributed by atoms with Crippen molar-refractivity contribution in [1.29, 1.82) is 0 Å². The fourth-order valence-electron chi connectivity index (χ4n) is 3.37. The summed E-state index contributed by atoms with van der Waals surface area (Å²) in [5.41, 5.74) is 2.80. The number of nitrogens with zero attached hydrogens (tertiary/aromatic N) is 2. The maximum absolute atomic E-state index is 12.1. The minimum Gasteiger partial charge on any atom is -0.464 e. The molecule has 0 saturated carbocycles. The van der Waals surface area contributed by atoms with E-state index in [0.717, 1.165) is 34.3 Å². The fourth-order valence-corrected chi connectivity index (χ4v) is 3.37. The molecule has 1 atom stereocenters. The summed E-state index contributed by atoms with van der Waals surface area (Å²) in [6.45, 7) is 7.89. The number of anilines is 1. The van der Waals surface area contributed by atoms with Crippen LogP contribution in [0.4, 0.5) is 10.5 Å². The predicted molar refractivity (Wildman–Crippen MR) is 120 cm³/mol. The molecule has 31 heavy (non-hydrogen) atoms. The molecule has 0 spiro atoms. The maximum Gasteiger partial charge on any atom is 0.407 e. The topological polar surface area (TPSA) is 84.7 Å². The molecule has 2 heterocycles. The largest absolute Gasteiger partial charge is 0.464 e. The summed E-state index contributed by atoms with van der Waals surface area (Å²) >= 11 is 0. The van der Waals surface area contributed by atoms with Gasteiger partial charge in [0.1, 0.15) is 11.2 Å². The highest BCUT2D eigenvalue weighted by atomic mass is 16.6. The van der Waals surface area contributed by atoms with Gasteiger partial charge in [0, 0.05) is 42.0 Å². The van der Waals surface area contributed by atoms with Crippen LogP contribution in [0.2, 0.25) is 0 Å². The van der Waals surface area contributed by atoms with Gasteiger partial charge in [-0.2, -0.15) is 0 Å². The van der Waals surface area contributed by atoms with E-state index in [4.69, 9.17) is 9.15 Å². The highest BCUT2D eigenvalue weighted by Crippen LogP contribution is 2.28. The molecular weight excluding hydrogens is 394 g/mol. The van der Waals surface area contributed by atoms with E-state index < -0.39 is 11.7 Å². The van der Waals surface area contributed by atoms with Crippen molar-refractivity contribution in [1.82, 2.24) is 10.3 Å². The van der Waals surface area contributed by atoms with Gasteiger partial charge in [-0.3, -0.25) is 9.78 Å². The molecule has 0 aliphatic carbocycles. The van der Waals surface area contributed by atoms with Gasteiger partial charge in [0.15, 0.2) is 0 Å². The molecule has 7 heteroatoms. The van der Waals surface area contributed by atoms with Crippen molar-refractivity contribution in [2.24, 2.45) is 0 Å². The summed E-state index contributed by atoms with van der Waals surface area (Å²) in [5.74, 6) is 0. The van der Waals surface area contributed by atoms with Gasteiger partial charge < -0.3 is 19.4 Å². The minimum atomic E-state index is -0.559. The Balaban J connectivity index is 1.76. The Morgan fingerprint density at radius 2 is 2.10 bits per heavy atom. The number of aromatic nitrogens is 1. The number of benzene rings is 1. The van der Waals surface area contributed by atoms with E-state index in [-0.39, 0.29) is 6.04 Å². The number of carbonyl (C=O) groups excluding carboxylic acids is 2. The lowest BCUT2D eigenvalue weighted by Crippen LogP contribution is -2.38. The first-order valence-corrected chi connectivity index (χ1v) is 10.4. The molecule has 1 N–H and O–H groups in total. The zero-order valence-electron chi connectivity index (χ0n) is 18.4. The van der Waals surface area contributed by atoms with E-state index in [0.29, 0.717) is 19.4 Å². The summed E-state index contributed by atoms with van der Waals surface area (Å²) in [6, 6.07) is 11.3. The van der Waals surface area contributed by atoms with Crippen LogP contribution >= 0.6 is 0 Å². The molecule has 1 aromatic carbocycles. The second kappa shape index (κ2) is 9.64. The summed E-state index contributed by atoms with van der Waals surface area (Å²) in [4.78, 5) is 29.9. The van der Waals surface area contributed by atoms with Crippen LogP contribution in [0.1, 0.15) is 39.0 Å². The molecule has 1 unspecified atom stereocenters. The van der Waals surface area contributed by atoms with E-state index in [9.17, 15) is 9.59 Å². The number of alkyl carbamates (subject to hydrolysis) is 1. The molecule has 2 aromatic heterocycles. The third-order valence-electron chi connectivity index (χ3n) is 4.70. The first-order chi connectivity index (χ1) is 14.7. The second-order valence-electron chi connectivity index (χ2n) is 8.57. The van der Waals surface area contributed by atoms with Crippen LogP contribution in [-0.2, 0) is 22.4 Å². The Morgan fingerprint density at radius 3 is 2.77 bits per heavy atom. The highest BCUT2D eigenvalue weighted by Gasteiger charge is 2.19. The number of ether oxygens (including phenoxy) is 1. The Morgan fingerprint density at radius 1 is 1.29 bits per heavy atom. The van der Waals surface area contributed by atoms with Crippen molar-refractivity contribution < 1.29 is 18.7 Å². The fraction of sp³-hybridized carbons (Fsp3) is 0.375. The van der Waals surface area contributed by atoms with Gasteiger partial charge in [-0.25, -0.2) is 4.79 Å². The molecule has 0 fully saturated rings. The Labute approximate surface area is 182 Å². The number of hydrogen-bond acceptors (Lipinski definition) is 5. The zero-order chi connectivity index (χ0) is 22.4. The number of furan rings is 1. The van der Waals surface area contributed by atoms with Crippen LogP contribution in [0.3, 0.4) is 0 Å². The van der Waals surface area contributed by atoms with Gasteiger partial charge in [0.05, 0.1) is 6.26 Å². The average molecular weight is 424 g/mol. The number of rotatable bonds is 8. The quantitative estimate of drug-likeness (QED) is 0.540. The smallest absolute Gasteiger partial charge is 0.407 e. The lowest BCUT2D eigenvalue weighted by Gasteiger charge is -2.22. The molecule has 7 nitrogen and oxygen atoms in total. The second-order valence-corrected chi connectivity index (χ2v) is 8.57. The van der Waals surface area contributed by atoms with Crippen LogP contribution in [-0.4, -0.2) is 35.7 Å². The molecule has 2 amide bonds. The van der Waals surface area contributed by atoms with E-state index >= 15 is 0 Å². The molecular formula is C24H29N3O4. The van der Waals surface area contributed by atoms with E-state index in [1.165, 1.54) is 0 Å². The number of carbonyl (C=O) groups is 2. The van der Waals surface area contributed by atoms with Crippen LogP contribution < -0.4 is 10.2 Å². The van der Waals surface area contributed by atoms with Gasteiger partial charge in [-0.1, -0.05) is 6.07 Å². The Kier molecular flexibility index (Phi) is 6.95. The van der Waals surface area contributed by atoms with Crippen molar-refractivity contribution in [2.45, 2.75) is 52.2 Å². The van der Waals surface area contributed by atoms with Gasteiger partial charge in [-0.05, 0) is 70.0 Å². The van der Waals surface area contributed by atoms with Gasteiger partial charge in [0.2, 0.25) is 6.41 Å². The molecule has 0 saturated heterocycles. The minimum absolute atomic E-state index is 0.184. The normalized spacial score (nSPS) is 12.4. The summed E-state index contributed by atoms with van der Waals surface area (Å²) in [7, 11) is 0. The number of hydrogen-bond donors (Lipinski definition) is 1. The van der Waals surface area contributed by atoms with Crippen molar-refractivity contribution in [3.63, 3.8) is 0 Å². The molecule has 0 aliphatic heterocycles. The molecule has 3 rings (SSSR count). The number of fused-ring (bicyclic) bond motifs is 1. The monoisotopic (exact) mass is 423 g/mol. The predicted octanol–water partition coefficient (Wildman–Crippen LogP) is 4.49.